The van der Waals surface area contributed by atoms with Crippen molar-refractivity contribution in [1.82, 2.24) is 15.2 Å². The van der Waals surface area contributed by atoms with Gasteiger partial charge in [0.15, 0.2) is 5.69 Å². The molecular weight excluding hydrogens is 316 g/mol. The van der Waals surface area contributed by atoms with E-state index in [1.54, 1.807) is 17.2 Å². The highest BCUT2D eigenvalue weighted by Gasteiger charge is 2.55. The van der Waals surface area contributed by atoms with Crippen molar-refractivity contribution in [3.8, 4) is 6.07 Å². The summed E-state index contributed by atoms with van der Waals surface area (Å²) in [5.41, 5.74) is -0.0397. The molecule has 2 unspecified atom stereocenters. The van der Waals surface area contributed by atoms with Gasteiger partial charge in [0.25, 0.3) is 0 Å². The second-order valence-corrected chi connectivity index (χ2v) is 7.48. The third kappa shape index (κ3) is 2.75. The second-order valence-electron chi connectivity index (χ2n) is 7.07. The van der Waals surface area contributed by atoms with Crippen LogP contribution in [0.4, 0.5) is 4.79 Å². The van der Waals surface area contributed by atoms with Gasteiger partial charge >= 0.3 is 6.09 Å². The molecule has 1 aromatic rings. The Bertz CT molecular complexity index is 694. The number of nitrogens with zero attached hydrogens (tertiary/aromatic N) is 3. The molecule has 3 heterocycles. The Hall–Kier alpha value is -1.84. The number of amides is 1. The van der Waals surface area contributed by atoms with Gasteiger partial charge in [0.05, 0.1) is 10.6 Å². The van der Waals surface area contributed by atoms with Gasteiger partial charge in [-0.05, 0) is 38.8 Å². The van der Waals surface area contributed by atoms with Gasteiger partial charge in [-0.2, -0.15) is 5.26 Å². The van der Waals surface area contributed by atoms with E-state index in [4.69, 9.17) is 21.6 Å². The summed E-state index contributed by atoms with van der Waals surface area (Å²) in [4.78, 5) is 18.5. The van der Waals surface area contributed by atoms with Crippen molar-refractivity contribution >= 4 is 17.7 Å². The molecule has 6 nitrogen and oxygen atoms in total. The van der Waals surface area contributed by atoms with Gasteiger partial charge in [-0.15, -0.1) is 0 Å². The zero-order chi connectivity index (χ0) is 16.8. The zero-order valence-electron chi connectivity index (χ0n) is 13.4. The first-order chi connectivity index (χ1) is 10.7. The van der Waals surface area contributed by atoms with Crippen LogP contribution in [0.15, 0.2) is 12.3 Å². The lowest BCUT2D eigenvalue weighted by atomic mass is 9.90. The van der Waals surface area contributed by atoms with Crippen LogP contribution in [0.5, 0.6) is 0 Å². The standard InChI is InChI=1S/C16H19ClN4O2/c1-15(2,3)23-14(22)21-8-11-5-16(21,9-20-11)10-4-12(17)13(6-18)19-7-10/h4,7,11,20H,5,8-9H2,1-3H3. The summed E-state index contributed by atoms with van der Waals surface area (Å²) in [6.07, 6.45) is 2.09. The molecule has 2 atom stereocenters. The van der Waals surface area contributed by atoms with Gasteiger partial charge in [-0.3, -0.25) is 4.90 Å². The molecule has 0 saturated carbocycles. The molecule has 1 aromatic heterocycles. The molecule has 0 spiro atoms. The number of nitrogens with one attached hydrogen (secondary N) is 1. The number of halogens is 1. The van der Waals surface area contributed by atoms with E-state index in [9.17, 15) is 4.79 Å². The van der Waals surface area contributed by atoms with Crippen molar-refractivity contribution in [1.29, 1.82) is 5.26 Å². The molecule has 0 aliphatic carbocycles. The molecule has 0 radical (unpaired) electrons. The number of likely N-dealkylation sites (tertiary alicyclic amines) is 1. The molecule has 2 saturated heterocycles. The minimum Gasteiger partial charge on any atom is -0.444 e. The molecule has 23 heavy (non-hydrogen) atoms. The smallest absolute Gasteiger partial charge is 0.411 e. The number of aromatic nitrogens is 1. The number of carbonyl (C=O) groups is 1. The van der Waals surface area contributed by atoms with Crippen molar-refractivity contribution in [2.24, 2.45) is 0 Å². The second kappa shape index (κ2) is 5.36. The summed E-state index contributed by atoms with van der Waals surface area (Å²) < 4.78 is 5.55. The van der Waals surface area contributed by atoms with Crippen molar-refractivity contribution in [2.45, 2.75) is 44.4 Å². The van der Waals surface area contributed by atoms with Gasteiger partial charge in [0, 0.05) is 25.3 Å². The highest BCUT2D eigenvalue weighted by molar-refractivity contribution is 6.31. The molecule has 2 aliphatic heterocycles. The van der Waals surface area contributed by atoms with E-state index in [2.05, 4.69) is 10.3 Å². The Labute approximate surface area is 140 Å². The van der Waals surface area contributed by atoms with Gasteiger partial charge in [0.1, 0.15) is 11.7 Å². The predicted molar refractivity (Wildman–Crippen MR) is 85.0 cm³/mol. The Kier molecular flexibility index (Phi) is 3.74. The van der Waals surface area contributed by atoms with Gasteiger partial charge in [0.2, 0.25) is 0 Å². The maximum atomic E-state index is 12.6. The van der Waals surface area contributed by atoms with Gasteiger partial charge < -0.3 is 10.1 Å². The summed E-state index contributed by atoms with van der Waals surface area (Å²) in [6, 6.07) is 3.92. The van der Waals surface area contributed by atoms with Crippen LogP contribution in [-0.4, -0.2) is 40.7 Å². The number of carbonyl (C=O) groups excluding carboxylic acids is 1. The lowest BCUT2D eigenvalue weighted by Gasteiger charge is -2.39. The van der Waals surface area contributed by atoms with Crippen LogP contribution in [-0.2, 0) is 10.3 Å². The molecule has 1 N–H and O–H groups in total. The molecule has 7 heteroatoms. The minimum absolute atomic E-state index is 0.191. The van der Waals surface area contributed by atoms with Gasteiger partial charge in [-0.1, -0.05) is 11.6 Å². The lowest BCUT2D eigenvalue weighted by Crippen LogP contribution is -2.54. The van der Waals surface area contributed by atoms with Gasteiger partial charge in [-0.25, -0.2) is 9.78 Å². The van der Waals surface area contributed by atoms with E-state index >= 15 is 0 Å². The number of piperazine rings is 1. The highest BCUT2D eigenvalue weighted by atomic mass is 35.5. The van der Waals surface area contributed by atoms with Crippen LogP contribution in [0.1, 0.15) is 38.4 Å². The van der Waals surface area contributed by atoms with E-state index in [1.807, 2.05) is 26.8 Å². The van der Waals surface area contributed by atoms with E-state index < -0.39 is 11.1 Å². The Balaban J connectivity index is 1.96. The van der Waals surface area contributed by atoms with Crippen LogP contribution >= 0.6 is 11.6 Å². The fourth-order valence-electron chi connectivity index (χ4n) is 3.31. The number of fused-ring (bicyclic) bond motifs is 2. The molecule has 3 rings (SSSR count). The monoisotopic (exact) mass is 334 g/mol. The highest BCUT2D eigenvalue weighted by Crippen LogP contribution is 2.44. The number of nitriles is 1. The average Bonchev–Trinajstić information content (AvgIpc) is 3.04. The SMILES string of the molecule is CC(C)(C)OC(=O)N1CC2CC1(c1cnc(C#N)c(Cl)c1)CN2. The summed E-state index contributed by atoms with van der Waals surface area (Å²) >= 11 is 6.13. The minimum atomic E-state index is -0.548. The summed E-state index contributed by atoms with van der Waals surface area (Å²) in [5.74, 6) is 0. The zero-order valence-corrected chi connectivity index (χ0v) is 14.1. The number of hydrogen-bond acceptors (Lipinski definition) is 5. The van der Waals surface area contributed by atoms with Crippen molar-refractivity contribution in [3.63, 3.8) is 0 Å². The first kappa shape index (κ1) is 16.0. The molecule has 122 valence electrons. The summed E-state index contributed by atoms with van der Waals surface area (Å²) in [6.45, 7) is 6.77. The lowest BCUT2D eigenvalue weighted by molar-refractivity contribution is 0.00454. The average molecular weight is 335 g/mol. The van der Waals surface area contributed by atoms with Crippen molar-refractivity contribution in [2.75, 3.05) is 13.1 Å². The first-order valence-corrected chi connectivity index (χ1v) is 7.93. The summed E-state index contributed by atoms with van der Waals surface area (Å²) in [7, 11) is 0. The first-order valence-electron chi connectivity index (χ1n) is 7.55. The molecule has 1 amide bonds. The fourth-order valence-corrected chi connectivity index (χ4v) is 3.52. The Morgan fingerprint density at radius 1 is 1.61 bits per heavy atom. The molecule has 2 fully saturated rings. The van der Waals surface area contributed by atoms with E-state index in [0.717, 1.165) is 12.0 Å². The topological polar surface area (TPSA) is 78.2 Å². The third-order valence-corrected chi connectivity index (χ3v) is 4.57. The largest absolute Gasteiger partial charge is 0.444 e. The molecule has 0 aromatic carbocycles. The summed E-state index contributed by atoms with van der Waals surface area (Å²) in [5, 5.41) is 12.7. The fraction of sp³-hybridized carbons (Fsp3) is 0.562. The number of rotatable bonds is 1. The normalized spacial score (nSPS) is 26.2. The van der Waals surface area contributed by atoms with Crippen LogP contribution in [0.25, 0.3) is 0 Å². The molecule has 2 bridgehead atoms. The van der Waals surface area contributed by atoms with Crippen LogP contribution in [0.3, 0.4) is 0 Å². The van der Waals surface area contributed by atoms with E-state index in [-0.39, 0.29) is 17.8 Å². The van der Waals surface area contributed by atoms with E-state index in [0.29, 0.717) is 18.1 Å². The quantitative estimate of drug-likeness (QED) is 0.853. The van der Waals surface area contributed by atoms with E-state index in [1.165, 1.54) is 0 Å². The predicted octanol–water partition coefficient (Wildman–Crippen LogP) is 2.41. The van der Waals surface area contributed by atoms with Crippen LogP contribution < -0.4 is 5.32 Å². The van der Waals surface area contributed by atoms with Crippen molar-refractivity contribution in [3.05, 3.63) is 28.5 Å². The van der Waals surface area contributed by atoms with Crippen LogP contribution in [0, 0.1) is 11.3 Å². The number of pyridine rings is 1. The number of hydrogen-bond donors (Lipinski definition) is 1. The van der Waals surface area contributed by atoms with Crippen molar-refractivity contribution < 1.29 is 9.53 Å². The molecular formula is C16H19ClN4O2. The number of ether oxygens (including phenoxy) is 1. The maximum absolute atomic E-state index is 12.6. The Morgan fingerprint density at radius 2 is 2.35 bits per heavy atom. The third-order valence-electron chi connectivity index (χ3n) is 4.29. The molecule has 2 aliphatic rings. The van der Waals surface area contributed by atoms with Crippen LogP contribution in [0.2, 0.25) is 5.02 Å². The maximum Gasteiger partial charge on any atom is 0.411 e. The Morgan fingerprint density at radius 3 is 2.91 bits per heavy atom.